The highest BCUT2D eigenvalue weighted by Gasteiger charge is 2.30. The van der Waals surface area contributed by atoms with Crippen LogP contribution in [0, 0.1) is 23.7 Å². The molecule has 0 aliphatic rings. The summed E-state index contributed by atoms with van der Waals surface area (Å²) in [6.07, 6.45) is 57.0. The molecule has 8 atom stereocenters. The molecule has 0 aromatic carbocycles. The molecular formula is C81H158O17P2. The highest BCUT2D eigenvalue weighted by Crippen LogP contribution is 2.45. The average Bonchev–Trinajstić information content (AvgIpc) is 0.945. The van der Waals surface area contributed by atoms with Crippen molar-refractivity contribution in [1.29, 1.82) is 0 Å². The summed E-state index contributed by atoms with van der Waals surface area (Å²) in [7, 11) is -9.92. The van der Waals surface area contributed by atoms with Crippen LogP contribution in [-0.2, 0) is 65.4 Å². The summed E-state index contributed by atoms with van der Waals surface area (Å²) in [5.74, 6) is 1.03. The number of aliphatic hydroxyl groups excluding tert-OH is 1. The third kappa shape index (κ3) is 70.4. The predicted octanol–water partition coefficient (Wildman–Crippen LogP) is 24.0. The molecule has 594 valence electrons. The lowest BCUT2D eigenvalue weighted by atomic mass is 9.99. The zero-order chi connectivity index (χ0) is 73.8. The Morgan fingerprint density at radius 1 is 0.280 bits per heavy atom. The molecule has 0 aromatic heterocycles. The SMILES string of the molecule is CCC(C)CCCCCCCCCCCCCCCCCCCCC(=O)O[C@H](COC(=O)CCCCCCCCCC(C)C)COP(=O)(O)OC[C@@H](O)COP(=O)(O)OC[C@@H](COC(=O)CCCCCCCCC(C)CC)OC(=O)CCCCCCCCCCCCCCCCC(C)CC. The number of aliphatic hydroxyl groups is 1. The third-order valence-corrected chi connectivity index (χ3v) is 21.8. The lowest BCUT2D eigenvalue weighted by molar-refractivity contribution is -0.161. The number of carbonyl (C=O) groups excluding carboxylic acids is 4. The first-order valence-electron chi connectivity index (χ1n) is 41.8. The van der Waals surface area contributed by atoms with Crippen LogP contribution in [0.4, 0.5) is 0 Å². The van der Waals surface area contributed by atoms with Crippen molar-refractivity contribution in [3.63, 3.8) is 0 Å². The minimum atomic E-state index is -4.96. The highest BCUT2D eigenvalue weighted by atomic mass is 31.2. The maximum atomic E-state index is 13.1. The average molecular weight is 1470 g/mol. The second-order valence-electron chi connectivity index (χ2n) is 30.4. The first-order chi connectivity index (χ1) is 48.2. The van der Waals surface area contributed by atoms with Crippen LogP contribution in [0.1, 0.15) is 415 Å². The van der Waals surface area contributed by atoms with E-state index in [-0.39, 0.29) is 25.7 Å². The van der Waals surface area contributed by atoms with Gasteiger partial charge in [-0.2, -0.15) is 0 Å². The summed E-state index contributed by atoms with van der Waals surface area (Å²) in [5, 5.41) is 10.6. The Bertz CT molecular complexity index is 1960. The Balaban J connectivity index is 5.16. The Morgan fingerprint density at radius 2 is 0.480 bits per heavy atom. The Hall–Kier alpha value is -1.94. The van der Waals surface area contributed by atoms with Crippen molar-refractivity contribution in [1.82, 2.24) is 0 Å². The smallest absolute Gasteiger partial charge is 0.462 e. The first kappa shape index (κ1) is 98.1. The van der Waals surface area contributed by atoms with Crippen LogP contribution in [0.25, 0.3) is 0 Å². The number of esters is 4. The second-order valence-corrected chi connectivity index (χ2v) is 33.3. The van der Waals surface area contributed by atoms with Crippen LogP contribution >= 0.6 is 15.6 Å². The standard InChI is InChI=1S/C81H158O17P2/c1-9-72(6)58-50-42-34-28-24-20-16-14-12-13-15-17-22-26-30-36-47-55-63-80(85)97-76(67-91-78(83)61-53-45-38-32-33-41-49-57-71(4)5)69-95-99(87,88)93-65-75(82)66-94-100(89,90)96-70-77(68-92-79(84)62-54-46-40-39-44-52-60-74(8)11-3)98-81(86)64-56-48-37-31-27-23-19-18-21-25-29-35-43-51-59-73(7)10-2/h71-77,82H,9-70H2,1-8H3,(H,87,88)(H,89,90)/t72?,73?,74?,75-,76-,77-/m1/s1. The van der Waals surface area contributed by atoms with Crippen molar-refractivity contribution in [2.75, 3.05) is 39.6 Å². The number of carbonyl (C=O) groups is 4. The van der Waals surface area contributed by atoms with Gasteiger partial charge in [-0.3, -0.25) is 37.3 Å². The van der Waals surface area contributed by atoms with Crippen LogP contribution < -0.4 is 0 Å². The topological polar surface area (TPSA) is 237 Å². The fourth-order valence-corrected chi connectivity index (χ4v) is 13.9. The van der Waals surface area contributed by atoms with Crippen molar-refractivity contribution in [3.8, 4) is 0 Å². The lowest BCUT2D eigenvalue weighted by Crippen LogP contribution is -2.30. The van der Waals surface area contributed by atoms with E-state index in [9.17, 15) is 43.2 Å². The first-order valence-corrected chi connectivity index (χ1v) is 44.8. The van der Waals surface area contributed by atoms with Gasteiger partial charge in [0.25, 0.3) is 0 Å². The van der Waals surface area contributed by atoms with E-state index in [4.69, 9.17) is 37.0 Å². The molecule has 0 aliphatic carbocycles. The molecule has 0 spiro atoms. The molecule has 0 fully saturated rings. The normalized spacial score (nSPS) is 14.8. The van der Waals surface area contributed by atoms with E-state index in [0.717, 1.165) is 120 Å². The lowest BCUT2D eigenvalue weighted by Gasteiger charge is -2.21. The van der Waals surface area contributed by atoms with E-state index in [1.807, 2.05) is 0 Å². The minimum absolute atomic E-state index is 0.106. The fourth-order valence-electron chi connectivity index (χ4n) is 12.3. The number of hydrogen-bond acceptors (Lipinski definition) is 15. The van der Waals surface area contributed by atoms with Gasteiger partial charge in [0.2, 0.25) is 0 Å². The summed E-state index contributed by atoms with van der Waals surface area (Å²) < 4.78 is 68.6. The van der Waals surface area contributed by atoms with E-state index < -0.39 is 97.5 Å². The molecule has 3 N–H and O–H groups in total. The summed E-state index contributed by atoms with van der Waals surface area (Å²) in [4.78, 5) is 72.9. The van der Waals surface area contributed by atoms with Gasteiger partial charge < -0.3 is 33.8 Å². The molecule has 0 heterocycles. The number of ether oxygens (including phenoxy) is 4. The van der Waals surface area contributed by atoms with Crippen LogP contribution in [0.2, 0.25) is 0 Å². The molecule has 0 bridgehead atoms. The zero-order valence-electron chi connectivity index (χ0n) is 65.8. The van der Waals surface area contributed by atoms with Gasteiger partial charge in [-0.15, -0.1) is 0 Å². The van der Waals surface area contributed by atoms with Crippen molar-refractivity contribution in [3.05, 3.63) is 0 Å². The molecule has 0 radical (unpaired) electrons. The van der Waals surface area contributed by atoms with Crippen LogP contribution in [0.15, 0.2) is 0 Å². The van der Waals surface area contributed by atoms with E-state index in [2.05, 4.69) is 55.4 Å². The maximum Gasteiger partial charge on any atom is 0.472 e. The summed E-state index contributed by atoms with van der Waals surface area (Å²) in [5.41, 5.74) is 0. The monoisotopic (exact) mass is 1470 g/mol. The third-order valence-electron chi connectivity index (χ3n) is 19.9. The van der Waals surface area contributed by atoms with E-state index in [1.54, 1.807) is 0 Å². The summed E-state index contributed by atoms with van der Waals surface area (Å²) in [6, 6.07) is 0. The highest BCUT2D eigenvalue weighted by molar-refractivity contribution is 7.47. The summed E-state index contributed by atoms with van der Waals surface area (Å²) >= 11 is 0. The molecule has 0 amide bonds. The Morgan fingerprint density at radius 3 is 0.710 bits per heavy atom. The molecule has 19 heteroatoms. The zero-order valence-corrected chi connectivity index (χ0v) is 67.6. The van der Waals surface area contributed by atoms with E-state index in [1.165, 1.54) is 205 Å². The molecule has 0 aromatic rings. The molecule has 17 nitrogen and oxygen atoms in total. The Labute approximate surface area is 613 Å². The molecule has 0 aliphatic heterocycles. The van der Waals surface area contributed by atoms with Gasteiger partial charge in [-0.25, -0.2) is 9.13 Å². The van der Waals surface area contributed by atoms with E-state index >= 15 is 0 Å². The fraction of sp³-hybridized carbons (Fsp3) is 0.951. The maximum absolute atomic E-state index is 13.1. The van der Waals surface area contributed by atoms with Gasteiger partial charge in [0.1, 0.15) is 19.3 Å². The second kappa shape index (κ2) is 70.1. The van der Waals surface area contributed by atoms with Crippen molar-refractivity contribution in [2.45, 2.75) is 433 Å². The van der Waals surface area contributed by atoms with Crippen molar-refractivity contribution >= 4 is 39.5 Å². The number of rotatable bonds is 78. The number of phosphoric acid groups is 2. The van der Waals surface area contributed by atoms with Crippen LogP contribution in [0.3, 0.4) is 0 Å². The van der Waals surface area contributed by atoms with Crippen LogP contribution in [-0.4, -0.2) is 96.7 Å². The quantitative estimate of drug-likeness (QED) is 0.0222. The number of unbranched alkanes of at least 4 members (excludes halogenated alkanes) is 41. The van der Waals surface area contributed by atoms with Crippen molar-refractivity contribution in [2.24, 2.45) is 23.7 Å². The predicted molar refractivity (Wildman–Crippen MR) is 409 cm³/mol. The molecule has 5 unspecified atom stereocenters. The summed E-state index contributed by atoms with van der Waals surface area (Å²) in [6.45, 7) is 14.3. The molecular weight excluding hydrogens is 1310 g/mol. The molecule has 0 saturated heterocycles. The Kier molecular flexibility index (Phi) is 68.7. The molecule has 0 rings (SSSR count). The largest absolute Gasteiger partial charge is 0.472 e. The molecule has 0 saturated carbocycles. The number of hydrogen-bond donors (Lipinski definition) is 3. The van der Waals surface area contributed by atoms with Gasteiger partial charge in [-0.05, 0) is 49.4 Å². The molecule has 100 heavy (non-hydrogen) atoms. The number of phosphoric ester groups is 2. The minimum Gasteiger partial charge on any atom is -0.462 e. The van der Waals surface area contributed by atoms with Gasteiger partial charge >= 0.3 is 39.5 Å². The van der Waals surface area contributed by atoms with E-state index in [0.29, 0.717) is 31.6 Å². The van der Waals surface area contributed by atoms with Gasteiger partial charge in [0.15, 0.2) is 12.2 Å². The van der Waals surface area contributed by atoms with Gasteiger partial charge in [0.05, 0.1) is 26.4 Å². The van der Waals surface area contributed by atoms with Crippen LogP contribution in [0.5, 0.6) is 0 Å². The van der Waals surface area contributed by atoms with Gasteiger partial charge in [0, 0.05) is 25.7 Å². The van der Waals surface area contributed by atoms with Crippen molar-refractivity contribution < 1.29 is 80.2 Å². The van der Waals surface area contributed by atoms with Gasteiger partial charge in [-0.1, -0.05) is 364 Å².